The molecular formula is C17H22N4O2. The van der Waals surface area contributed by atoms with E-state index in [1.807, 2.05) is 36.7 Å². The summed E-state index contributed by atoms with van der Waals surface area (Å²) in [6.45, 7) is 2.43. The number of anilines is 1. The van der Waals surface area contributed by atoms with Crippen LogP contribution in [0.2, 0.25) is 0 Å². The van der Waals surface area contributed by atoms with Crippen molar-refractivity contribution >= 4 is 28.5 Å². The van der Waals surface area contributed by atoms with Crippen molar-refractivity contribution < 1.29 is 9.59 Å². The molecule has 0 saturated heterocycles. The van der Waals surface area contributed by atoms with E-state index in [0.29, 0.717) is 19.4 Å². The first-order valence-electron chi connectivity index (χ1n) is 8.11. The summed E-state index contributed by atoms with van der Waals surface area (Å²) in [5.74, 6) is 1.31. The van der Waals surface area contributed by atoms with Crippen molar-refractivity contribution in [1.82, 2.24) is 14.9 Å². The fourth-order valence-electron chi connectivity index (χ4n) is 2.59. The van der Waals surface area contributed by atoms with E-state index in [9.17, 15) is 9.59 Å². The van der Waals surface area contributed by atoms with Gasteiger partial charge in [0.2, 0.25) is 11.8 Å². The number of hydrogen-bond acceptors (Lipinski definition) is 3. The molecule has 2 amide bonds. The third kappa shape index (κ3) is 3.52. The second kappa shape index (κ2) is 6.40. The lowest BCUT2D eigenvalue weighted by atomic mass is 10.2. The number of amides is 2. The Morgan fingerprint density at radius 1 is 1.35 bits per heavy atom. The van der Waals surface area contributed by atoms with Crippen molar-refractivity contribution in [1.29, 1.82) is 0 Å². The molecule has 1 aromatic carbocycles. The van der Waals surface area contributed by atoms with Crippen LogP contribution in [-0.2, 0) is 23.1 Å². The molecule has 0 unspecified atom stereocenters. The molecule has 1 aliphatic rings. The quantitative estimate of drug-likeness (QED) is 0.856. The molecule has 2 aromatic rings. The van der Waals surface area contributed by atoms with Gasteiger partial charge >= 0.3 is 0 Å². The van der Waals surface area contributed by atoms with E-state index in [2.05, 4.69) is 15.6 Å². The second-order valence-corrected chi connectivity index (χ2v) is 6.01. The predicted octanol–water partition coefficient (Wildman–Crippen LogP) is 1.99. The Morgan fingerprint density at radius 3 is 2.83 bits per heavy atom. The Labute approximate surface area is 135 Å². The summed E-state index contributed by atoms with van der Waals surface area (Å²) in [5.41, 5.74) is 2.63. The van der Waals surface area contributed by atoms with Crippen molar-refractivity contribution in [2.24, 2.45) is 13.0 Å². The molecule has 0 radical (unpaired) electrons. The predicted molar refractivity (Wildman–Crippen MR) is 89.1 cm³/mol. The molecule has 0 aliphatic heterocycles. The van der Waals surface area contributed by atoms with Gasteiger partial charge in [-0.2, -0.15) is 0 Å². The number of carbonyl (C=O) groups is 2. The zero-order valence-electron chi connectivity index (χ0n) is 13.6. The van der Waals surface area contributed by atoms with Crippen molar-refractivity contribution in [2.45, 2.75) is 32.6 Å². The summed E-state index contributed by atoms with van der Waals surface area (Å²) in [5, 5.41) is 5.81. The van der Waals surface area contributed by atoms with Crippen molar-refractivity contribution in [3.05, 3.63) is 24.0 Å². The van der Waals surface area contributed by atoms with Crippen molar-refractivity contribution in [3.63, 3.8) is 0 Å². The summed E-state index contributed by atoms with van der Waals surface area (Å²) in [6.07, 6.45) is 3.18. The smallest absolute Gasteiger partial charge is 0.224 e. The third-order valence-electron chi connectivity index (χ3n) is 4.17. The summed E-state index contributed by atoms with van der Waals surface area (Å²) in [4.78, 5) is 27.8. The number of carbonyl (C=O) groups excluding carboxylic acids is 2. The standard InChI is InChI=1S/C17H22N4O2/c1-3-16(22)19-12-6-7-14-13(10-12)20-15(21(14)2)8-9-18-17(23)11-4-5-11/h6-7,10-11H,3-5,8-9H2,1-2H3,(H,18,23)(H,19,22). The van der Waals surface area contributed by atoms with Crippen LogP contribution in [0.1, 0.15) is 32.0 Å². The fourth-order valence-corrected chi connectivity index (χ4v) is 2.59. The minimum atomic E-state index is -0.0108. The lowest BCUT2D eigenvalue weighted by Crippen LogP contribution is -2.27. The van der Waals surface area contributed by atoms with E-state index < -0.39 is 0 Å². The second-order valence-electron chi connectivity index (χ2n) is 6.01. The Hall–Kier alpha value is -2.37. The molecule has 23 heavy (non-hydrogen) atoms. The van der Waals surface area contributed by atoms with Gasteiger partial charge in [-0.1, -0.05) is 6.92 Å². The van der Waals surface area contributed by atoms with Gasteiger partial charge in [0.25, 0.3) is 0 Å². The van der Waals surface area contributed by atoms with Crippen LogP contribution in [0.3, 0.4) is 0 Å². The highest BCUT2D eigenvalue weighted by Crippen LogP contribution is 2.28. The molecule has 1 fully saturated rings. The number of benzene rings is 1. The monoisotopic (exact) mass is 314 g/mol. The topological polar surface area (TPSA) is 76.0 Å². The van der Waals surface area contributed by atoms with Crippen LogP contribution in [0.5, 0.6) is 0 Å². The van der Waals surface area contributed by atoms with Crippen LogP contribution in [-0.4, -0.2) is 27.9 Å². The molecule has 0 bridgehead atoms. The number of nitrogens with one attached hydrogen (secondary N) is 2. The zero-order chi connectivity index (χ0) is 16.4. The molecule has 122 valence electrons. The van der Waals surface area contributed by atoms with Gasteiger partial charge in [-0.3, -0.25) is 9.59 Å². The van der Waals surface area contributed by atoms with Gasteiger partial charge < -0.3 is 15.2 Å². The van der Waals surface area contributed by atoms with E-state index in [0.717, 1.165) is 35.4 Å². The van der Waals surface area contributed by atoms with Gasteiger partial charge in [-0.25, -0.2) is 4.98 Å². The first-order chi connectivity index (χ1) is 11.1. The van der Waals surface area contributed by atoms with Crippen molar-refractivity contribution in [2.75, 3.05) is 11.9 Å². The molecule has 6 heteroatoms. The number of fused-ring (bicyclic) bond motifs is 1. The molecule has 0 atom stereocenters. The molecule has 1 saturated carbocycles. The molecule has 1 heterocycles. The van der Waals surface area contributed by atoms with Gasteiger partial charge in [-0.15, -0.1) is 0 Å². The van der Waals surface area contributed by atoms with E-state index in [1.165, 1.54) is 0 Å². The molecule has 3 rings (SSSR count). The highest BCUT2D eigenvalue weighted by molar-refractivity contribution is 5.93. The maximum Gasteiger partial charge on any atom is 0.224 e. The Bertz CT molecular complexity index is 746. The lowest BCUT2D eigenvalue weighted by molar-refractivity contribution is -0.122. The molecule has 1 aliphatic carbocycles. The first kappa shape index (κ1) is 15.5. The van der Waals surface area contributed by atoms with Crippen molar-refractivity contribution in [3.8, 4) is 0 Å². The molecule has 2 N–H and O–H groups in total. The Morgan fingerprint density at radius 2 is 2.13 bits per heavy atom. The van der Waals surface area contributed by atoms with Gasteiger partial charge in [-0.05, 0) is 31.0 Å². The normalized spacial score (nSPS) is 14.0. The van der Waals surface area contributed by atoms with Crippen LogP contribution in [0, 0.1) is 5.92 Å². The molecular weight excluding hydrogens is 292 g/mol. The number of rotatable bonds is 6. The van der Waals surface area contributed by atoms with Crippen LogP contribution in [0.25, 0.3) is 11.0 Å². The summed E-state index contributed by atoms with van der Waals surface area (Å²) in [6, 6.07) is 5.73. The van der Waals surface area contributed by atoms with Crippen LogP contribution in [0.4, 0.5) is 5.69 Å². The fraction of sp³-hybridized carbons (Fsp3) is 0.471. The van der Waals surface area contributed by atoms with Gasteiger partial charge in [0, 0.05) is 38.0 Å². The number of aromatic nitrogens is 2. The van der Waals surface area contributed by atoms with E-state index >= 15 is 0 Å². The number of nitrogens with zero attached hydrogens (tertiary/aromatic N) is 2. The minimum absolute atomic E-state index is 0.0108. The van der Waals surface area contributed by atoms with Gasteiger partial charge in [0.1, 0.15) is 5.82 Å². The molecule has 0 spiro atoms. The maximum atomic E-state index is 11.6. The van der Waals surface area contributed by atoms with Crippen LogP contribution in [0.15, 0.2) is 18.2 Å². The van der Waals surface area contributed by atoms with E-state index in [4.69, 9.17) is 0 Å². The van der Waals surface area contributed by atoms with Crippen LogP contribution >= 0.6 is 0 Å². The maximum absolute atomic E-state index is 11.6. The number of hydrogen-bond donors (Lipinski definition) is 2. The van der Waals surface area contributed by atoms with Gasteiger partial charge in [0.05, 0.1) is 11.0 Å². The number of imidazole rings is 1. The highest BCUT2D eigenvalue weighted by atomic mass is 16.2. The summed E-state index contributed by atoms with van der Waals surface area (Å²) >= 11 is 0. The summed E-state index contributed by atoms with van der Waals surface area (Å²) in [7, 11) is 1.97. The first-order valence-corrected chi connectivity index (χ1v) is 8.11. The van der Waals surface area contributed by atoms with E-state index in [-0.39, 0.29) is 17.7 Å². The highest BCUT2D eigenvalue weighted by Gasteiger charge is 2.29. The molecule has 1 aromatic heterocycles. The van der Waals surface area contributed by atoms with Gasteiger partial charge in [0.15, 0.2) is 0 Å². The minimum Gasteiger partial charge on any atom is -0.355 e. The lowest BCUT2D eigenvalue weighted by Gasteiger charge is -2.05. The SMILES string of the molecule is CCC(=O)Nc1ccc2c(c1)nc(CCNC(=O)C1CC1)n2C. The Kier molecular flexibility index (Phi) is 4.32. The Balaban J connectivity index is 1.69. The third-order valence-corrected chi connectivity index (χ3v) is 4.17. The largest absolute Gasteiger partial charge is 0.355 e. The zero-order valence-corrected chi connectivity index (χ0v) is 13.6. The summed E-state index contributed by atoms with van der Waals surface area (Å²) < 4.78 is 2.03. The van der Waals surface area contributed by atoms with E-state index in [1.54, 1.807) is 0 Å². The average molecular weight is 314 g/mol. The average Bonchev–Trinajstić information content (AvgIpc) is 3.34. The number of aryl methyl sites for hydroxylation is 1. The molecule has 6 nitrogen and oxygen atoms in total. The van der Waals surface area contributed by atoms with Crippen LogP contribution < -0.4 is 10.6 Å².